The second-order valence-corrected chi connectivity index (χ2v) is 4.69. The number of hydrogen-bond donors (Lipinski definition) is 0. The quantitative estimate of drug-likeness (QED) is 0.734. The summed E-state index contributed by atoms with van der Waals surface area (Å²) in [6.07, 6.45) is 2.08. The van der Waals surface area contributed by atoms with Gasteiger partial charge in [-0.15, -0.1) is 0 Å². The molecule has 1 saturated heterocycles. The molecule has 1 heterocycles. The van der Waals surface area contributed by atoms with Crippen LogP contribution in [0, 0.1) is 0 Å². The van der Waals surface area contributed by atoms with Crippen molar-refractivity contribution in [2.45, 2.75) is 33.6 Å². The summed E-state index contributed by atoms with van der Waals surface area (Å²) < 4.78 is 0. The van der Waals surface area contributed by atoms with Crippen LogP contribution in [0.15, 0.2) is 0 Å². The van der Waals surface area contributed by atoms with Crippen LogP contribution in [0.25, 0.3) is 0 Å². The van der Waals surface area contributed by atoms with Crippen LogP contribution in [0.3, 0.4) is 0 Å². The molecule has 1 fully saturated rings. The Morgan fingerprint density at radius 3 is 1.94 bits per heavy atom. The molecule has 17 heavy (non-hydrogen) atoms. The maximum absolute atomic E-state index is 12.3. The third-order valence-corrected chi connectivity index (χ3v) is 3.35. The fourth-order valence-corrected chi connectivity index (χ4v) is 2.30. The van der Waals surface area contributed by atoms with Gasteiger partial charge in [0.1, 0.15) is 0 Å². The van der Waals surface area contributed by atoms with Gasteiger partial charge in [0, 0.05) is 39.3 Å². The van der Waals surface area contributed by atoms with Crippen molar-refractivity contribution < 1.29 is 4.79 Å². The van der Waals surface area contributed by atoms with Gasteiger partial charge in [0.15, 0.2) is 0 Å². The summed E-state index contributed by atoms with van der Waals surface area (Å²) >= 11 is 0. The molecule has 0 aromatic carbocycles. The second-order valence-electron chi connectivity index (χ2n) is 4.69. The largest absolute Gasteiger partial charge is 0.325 e. The van der Waals surface area contributed by atoms with Crippen LogP contribution < -0.4 is 0 Å². The number of carbonyl (C=O) groups excluding carboxylic acids is 1. The summed E-state index contributed by atoms with van der Waals surface area (Å²) in [7, 11) is 0. The van der Waals surface area contributed by atoms with Gasteiger partial charge in [-0.2, -0.15) is 0 Å². The zero-order valence-electron chi connectivity index (χ0n) is 11.6. The van der Waals surface area contributed by atoms with Gasteiger partial charge in [-0.3, -0.25) is 0 Å². The first-order valence-electron chi connectivity index (χ1n) is 6.99. The zero-order valence-corrected chi connectivity index (χ0v) is 11.6. The van der Waals surface area contributed by atoms with Gasteiger partial charge in [0.25, 0.3) is 0 Å². The third kappa shape index (κ3) is 4.19. The highest BCUT2D eigenvalue weighted by molar-refractivity contribution is 5.74. The van der Waals surface area contributed by atoms with E-state index in [4.69, 9.17) is 0 Å². The van der Waals surface area contributed by atoms with Crippen molar-refractivity contribution >= 4 is 6.03 Å². The monoisotopic (exact) mass is 241 g/mol. The fourth-order valence-electron chi connectivity index (χ4n) is 2.30. The Balaban J connectivity index is 2.45. The average molecular weight is 241 g/mol. The van der Waals surface area contributed by atoms with E-state index in [0.29, 0.717) is 0 Å². The summed E-state index contributed by atoms with van der Waals surface area (Å²) in [4.78, 5) is 18.7. The van der Waals surface area contributed by atoms with Crippen LogP contribution in [0.2, 0.25) is 0 Å². The molecule has 100 valence electrons. The summed E-state index contributed by atoms with van der Waals surface area (Å²) in [5, 5.41) is 0. The number of carbonyl (C=O) groups is 1. The summed E-state index contributed by atoms with van der Waals surface area (Å²) in [5.41, 5.74) is 0. The molecule has 0 aromatic rings. The molecule has 4 heteroatoms. The van der Waals surface area contributed by atoms with Gasteiger partial charge in [-0.05, 0) is 19.4 Å². The predicted octanol–water partition coefficient (Wildman–Crippen LogP) is 1.87. The van der Waals surface area contributed by atoms with Crippen LogP contribution in [0.5, 0.6) is 0 Å². The molecule has 4 nitrogen and oxygen atoms in total. The van der Waals surface area contributed by atoms with E-state index in [0.717, 1.165) is 58.7 Å². The molecule has 0 saturated carbocycles. The van der Waals surface area contributed by atoms with Gasteiger partial charge in [-0.25, -0.2) is 4.79 Å². The van der Waals surface area contributed by atoms with Crippen molar-refractivity contribution in [2.75, 3.05) is 45.8 Å². The fraction of sp³-hybridized carbons (Fsp3) is 0.923. The molecule has 0 spiro atoms. The van der Waals surface area contributed by atoms with Crippen molar-refractivity contribution in [1.82, 2.24) is 14.7 Å². The van der Waals surface area contributed by atoms with Crippen molar-refractivity contribution in [3.05, 3.63) is 0 Å². The third-order valence-electron chi connectivity index (χ3n) is 3.35. The molecule has 0 radical (unpaired) electrons. The Hall–Kier alpha value is -0.770. The van der Waals surface area contributed by atoms with E-state index < -0.39 is 0 Å². The predicted molar refractivity (Wildman–Crippen MR) is 71.2 cm³/mol. The van der Waals surface area contributed by atoms with Crippen LogP contribution in [-0.2, 0) is 0 Å². The Morgan fingerprint density at radius 2 is 1.53 bits per heavy atom. The average Bonchev–Trinajstić information content (AvgIpc) is 2.38. The molecule has 0 aromatic heterocycles. The molecule has 0 aliphatic carbocycles. The number of likely N-dealkylation sites (N-methyl/N-ethyl adjacent to an activating group) is 1. The van der Waals surface area contributed by atoms with Gasteiger partial charge < -0.3 is 14.7 Å². The maximum atomic E-state index is 12.3. The number of rotatable bonds is 5. The standard InChI is InChI=1S/C13H27N3O/c1-4-7-15(8-5-2)13(17)16-11-9-14(6-3)10-12-16/h4-12H2,1-3H3. The molecule has 0 N–H and O–H groups in total. The van der Waals surface area contributed by atoms with Gasteiger partial charge in [0.2, 0.25) is 0 Å². The lowest BCUT2D eigenvalue weighted by Gasteiger charge is -2.37. The lowest BCUT2D eigenvalue weighted by Crippen LogP contribution is -2.53. The lowest BCUT2D eigenvalue weighted by molar-refractivity contribution is 0.115. The van der Waals surface area contributed by atoms with Crippen LogP contribution in [-0.4, -0.2) is 66.5 Å². The molecule has 0 atom stereocenters. The Morgan fingerprint density at radius 1 is 1.00 bits per heavy atom. The van der Waals surface area contributed by atoms with Crippen molar-refractivity contribution in [1.29, 1.82) is 0 Å². The van der Waals surface area contributed by atoms with E-state index >= 15 is 0 Å². The van der Waals surface area contributed by atoms with Crippen LogP contribution in [0.4, 0.5) is 4.79 Å². The lowest BCUT2D eigenvalue weighted by atomic mass is 10.3. The number of nitrogens with zero attached hydrogens (tertiary/aromatic N) is 3. The summed E-state index contributed by atoms with van der Waals surface area (Å²) in [6.45, 7) is 13.1. The van der Waals surface area contributed by atoms with Gasteiger partial charge >= 0.3 is 6.03 Å². The zero-order chi connectivity index (χ0) is 12.7. The van der Waals surface area contributed by atoms with Crippen molar-refractivity contribution in [3.63, 3.8) is 0 Å². The second kappa shape index (κ2) is 7.54. The Kier molecular flexibility index (Phi) is 6.34. The van der Waals surface area contributed by atoms with E-state index in [-0.39, 0.29) is 6.03 Å². The highest BCUT2D eigenvalue weighted by Gasteiger charge is 2.23. The van der Waals surface area contributed by atoms with Gasteiger partial charge in [-0.1, -0.05) is 20.8 Å². The van der Waals surface area contributed by atoms with E-state index in [2.05, 4.69) is 25.7 Å². The maximum Gasteiger partial charge on any atom is 0.320 e. The van der Waals surface area contributed by atoms with Gasteiger partial charge in [0.05, 0.1) is 0 Å². The molecule has 0 bridgehead atoms. The topological polar surface area (TPSA) is 26.8 Å². The summed E-state index contributed by atoms with van der Waals surface area (Å²) in [5.74, 6) is 0. The minimum absolute atomic E-state index is 0.240. The van der Waals surface area contributed by atoms with Crippen LogP contribution in [0.1, 0.15) is 33.6 Å². The summed E-state index contributed by atoms with van der Waals surface area (Å²) in [6, 6.07) is 0.240. The van der Waals surface area contributed by atoms with E-state index in [1.54, 1.807) is 0 Å². The minimum atomic E-state index is 0.240. The van der Waals surface area contributed by atoms with E-state index in [9.17, 15) is 4.79 Å². The minimum Gasteiger partial charge on any atom is -0.325 e. The number of piperazine rings is 1. The first-order chi connectivity index (χ1) is 8.22. The first-order valence-corrected chi connectivity index (χ1v) is 6.99. The van der Waals surface area contributed by atoms with Crippen LogP contribution >= 0.6 is 0 Å². The van der Waals surface area contributed by atoms with Crippen molar-refractivity contribution in [2.24, 2.45) is 0 Å². The molecule has 0 unspecified atom stereocenters. The van der Waals surface area contributed by atoms with Crippen molar-refractivity contribution in [3.8, 4) is 0 Å². The molecule has 1 aliphatic heterocycles. The molecule has 1 rings (SSSR count). The molecular weight excluding hydrogens is 214 g/mol. The normalized spacial score (nSPS) is 17.2. The SMILES string of the molecule is CCCN(CCC)C(=O)N1CCN(CC)CC1. The smallest absolute Gasteiger partial charge is 0.320 e. The highest BCUT2D eigenvalue weighted by atomic mass is 16.2. The van der Waals surface area contributed by atoms with E-state index in [1.807, 2.05) is 9.80 Å². The molecule has 1 aliphatic rings. The number of hydrogen-bond acceptors (Lipinski definition) is 2. The first kappa shape index (κ1) is 14.3. The highest BCUT2D eigenvalue weighted by Crippen LogP contribution is 2.07. The van der Waals surface area contributed by atoms with E-state index in [1.165, 1.54) is 0 Å². The molecular formula is C13H27N3O. The number of urea groups is 1. The Labute approximate surface area is 106 Å². The number of amides is 2. The molecule has 2 amide bonds. The Bertz CT molecular complexity index is 219.